The van der Waals surface area contributed by atoms with Gasteiger partial charge in [0.05, 0.1) is 22.4 Å². The van der Waals surface area contributed by atoms with Crippen LogP contribution < -0.4 is 25.5 Å². The van der Waals surface area contributed by atoms with Crippen LogP contribution in [-0.4, -0.2) is 58.9 Å². The molecule has 7 aromatic rings. The molecule has 0 bridgehead atoms. The van der Waals surface area contributed by atoms with Crippen LogP contribution in [0.15, 0.2) is 128 Å². The Balaban J connectivity index is 1.05. The first-order valence-electron chi connectivity index (χ1n) is 25.8. The second-order valence-electron chi connectivity index (χ2n) is 25.3. The van der Waals surface area contributed by atoms with E-state index in [0.717, 1.165) is 67.0 Å². The van der Waals surface area contributed by atoms with Crippen molar-refractivity contribution in [2.24, 2.45) is 0 Å². The lowest BCUT2D eigenvalue weighted by molar-refractivity contribution is 0.250. The van der Waals surface area contributed by atoms with Gasteiger partial charge in [0.1, 0.15) is 24.0 Å². The first kappa shape index (κ1) is 51.1. The highest BCUT2D eigenvalue weighted by Gasteiger charge is 2.55. The van der Waals surface area contributed by atoms with Crippen LogP contribution in [0.5, 0.6) is 11.5 Å². The molecule has 0 aliphatic carbocycles. The van der Waals surface area contributed by atoms with E-state index in [0.29, 0.717) is 12.4 Å². The molecule has 2 fully saturated rings. The number of pyridine rings is 1. The SMILES string of the molecule is CC(C)(C)B1OB(c2cccc(B3OB(C(C)(C)C)OB(C(C)(C)C)O3)c2N2CN(c3cccc(Oc4ccc5c6ccccc6n(-c6cc(C(C)(C)C)ccn6)c5c4)c3)c3ccccc32)OB(C(C)(C)C)O1. The van der Waals surface area contributed by atoms with Crippen LogP contribution in [0.2, 0.25) is 21.3 Å². The Bertz CT molecular complexity index is 3060. The fourth-order valence-corrected chi connectivity index (χ4v) is 9.81. The van der Waals surface area contributed by atoms with Gasteiger partial charge >= 0.3 is 42.7 Å². The molecule has 0 radical (unpaired) electrons. The molecule has 0 atom stereocenters. The Labute approximate surface area is 435 Å². The quantitative estimate of drug-likeness (QED) is 0.144. The summed E-state index contributed by atoms with van der Waals surface area (Å²) in [6.45, 7) is 32.7. The Morgan fingerprint density at radius 2 is 0.973 bits per heavy atom. The Morgan fingerprint density at radius 3 is 1.53 bits per heavy atom. The number of anilines is 4. The number of rotatable bonds is 7. The maximum absolute atomic E-state index is 6.91. The Hall–Kier alpha value is -5.40. The molecule has 0 saturated carbocycles. The maximum Gasteiger partial charge on any atom is 0.468 e. The van der Waals surface area contributed by atoms with Crippen molar-refractivity contribution in [2.45, 2.75) is 131 Å². The smallest absolute Gasteiger partial charge is 0.457 e. The minimum absolute atomic E-state index is 0.0352. The minimum atomic E-state index is -0.791. The number of hydrogen-bond donors (Lipinski definition) is 0. The summed E-state index contributed by atoms with van der Waals surface area (Å²) in [4.78, 5) is 9.56. The van der Waals surface area contributed by atoms with Crippen molar-refractivity contribution in [2.75, 3.05) is 16.5 Å². The highest BCUT2D eigenvalue weighted by molar-refractivity contribution is 6.84. The van der Waals surface area contributed by atoms with Crippen LogP contribution in [0.3, 0.4) is 0 Å². The summed E-state index contributed by atoms with van der Waals surface area (Å²) in [6, 6.07) is 42.2. The maximum atomic E-state index is 6.91. The fraction of sp³-hybridized carbons (Fsp3) is 0.375. The van der Waals surface area contributed by atoms with E-state index in [1.54, 1.807) is 0 Å². The van der Waals surface area contributed by atoms with Gasteiger partial charge in [-0.3, -0.25) is 4.57 Å². The van der Waals surface area contributed by atoms with Gasteiger partial charge in [0.25, 0.3) is 0 Å². The molecule has 0 spiro atoms. The summed E-state index contributed by atoms with van der Waals surface area (Å²) in [7, 11) is -3.79. The number of fused-ring (bicyclic) bond motifs is 4. The molecule has 0 N–H and O–H groups in total. The molecule has 2 saturated heterocycles. The van der Waals surface area contributed by atoms with Gasteiger partial charge in [-0.2, -0.15) is 0 Å². The highest BCUT2D eigenvalue weighted by Crippen LogP contribution is 2.47. The zero-order valence-corrected chi connectivity index (χ0v) is 45.4. The van der Waals surface area contributed by atoms with Crippen LogP contribution in [0.4, 0.5) is 22.7 Å². The predicted octanol–water partition coefficient (Wildman–Crippen LogP) is 13.2. The lowest BCUT2D eigenvalue weighted by atomic mass is 9.49. The molecule has 0 unspecified atom stereocenters. The molecule has 3 aliphatic heterocycles. The lowest BCUT2D eigenvalue weighted by Crippen LogP contribution is -2.62. The average molecular weight is 974 g/mol. The zero-order chi connectivity index (χ0) is 52.0. The van der Waals surface area contributed by atoms with Gasteiger partial charge in [0.15, 0.2) is 0 Å². The van der Waals surface area contributed by atoms with Crippen LogP contribution in [0, 0.1) is 0 Å². The normalized spacial score (nSPS) is 16.4. The second kappa shape index (κ2) is 18.8. The molecule has 372 valence electrons. The van der Waals surface area contributed by atoms with E-state index < -0.39 is 42.7 Å². The monoisotopic (exact) mass is 975 g/mol. The molecule has 73 heavy (non-hydrogen) atoms. The fourth-order valence-electron chi connectivity index (χ4n) is 9.81. The molecular formula is C56H68B6N4O7. The molecule has 5 aromatic carbocycles. The zero-order valence-electron chi connectivity index (χ0n) is 45.4. The number of aromatic nitrogens is 2. The third-order valence-corrected chi connectivity index (χ3v) is 13.8. The third-order valence-electron chi connectivity index (χ3n) is 13.8. The molecule has 3 aliphatic rings. The van der Waals surface area contributed by atoms with Crippen molar-refractivity contribution in [3.05, 3.63) is 133 Å². The summed E-state index contributed by atoms with van der Waals surface area (Å²) >= 11 is 0. The molecule has 0 amide bonds. The molecular weight excluding hydrogens is 906 g/mol. The van der Waals surface area contributed by atoms with Gasteiger partial charge in [-0.1, -0.05) is 158 Å². The van der Waals surface area contributed by atoms with Gasteiger partial charge in [-0.15, -0.1) is 0 Å². The Morgan fingerprint density at radius 1 is 0.466 bits per heavy atom. The average Bonchev–Trinajstić information content (AvgIpc) is 3.88. The summed E-state index contributed by atoms with van der Waals surface area (Å²) in [5, 5.41) is 0.900. The van der Waals surface area contributed by atoms with Crippen LogP contribution >= 0.6 is 0 Å². The van der Waals surface area contributed by atoms with E-state index in [4.69, 9.17) is 37.2 Å². The van der Waals surface area contributed by atoms with Crippen molar-refractivity contribution in [3.8, 4) is 17.3 Å². The number of ether oxygens (including phenoxy) is 1. The van der Waals surface area contributed by atoms with E-state index in [1.165, 1.54) is 5.56 Å². The van der Waals surface area contributed by atoms with Crippen LogP contribution in [-0.2, 0) is 32.8 Å². The summed E-state index contributed by atoms with van der Waals surface area (Å²) < 4.78 is 49.9. The van der Waals surface area contributed by atoms with Gasteiger partial charge in [-0.05, 0) is 86.8 Å². The van der Waals surface area contributed by atoms with Crippen molar-refractivity contribution in [1.82, 2.24) is 9.55 Å². The summed E-state index contributed by atoms with van der Waals surface area (Å²) in [6.07, 6.45) is 1.91. The van der Waals surface area contributed by atoms with Crippen LogP contribution in [0.25, 0.3) is 27.6 Å². The topological polar surface area (TPSA) is 88.9 Å². The van der Waals surface area contributed by atoms with E-state index in [-0.39, 0.29) is 26.7 Å². The van der Waals surface area contributed by atoms with E-state index in [9.17, 15) is 0 Å². The molecule has 10 rings (SSSR count). The number of benzene rings is 5. The van der Waals surface area contributed by atoms with Gasteiger partial charge in [0, 0.05) is 51.4 Å². The van der Waals surface area contributed by atoms with Crippen LogP contribution in [0.1, 0.15) is 109 Å². The largest absolute Gasteiger partial charge is 0.468 e. The van der Waals surface area contributed by atoms with E-state index in [1.807, 2.05) is 18.3 Å². The second-order valence-corrected chi connectivity index (χ2v) is 25.3. The van der Waals surface area contributed by atoms with Gasteiger partial charge in [-0.25, -0.2) is 4.98 Å². The third kappa shape index (κ3) is 10.1. The molecule has 2 aromatic heterocycles. The molecule has 11 nitrogen and oxygen atoms in total. The van der Waals surface area contributed by atoms with Crippen molar-refractivity contribution in [3.63, 3.8) is 0 Å². The lowest BCUT2D eigenvalue weighted by Gasteiger charge is -2.43. The Kier molecular flexibility index (Phi) is 13.1. The first-order valence-corrected chi connectivity index (χ1v) is 25.8. The summed E-state index contributed by atoms with van der Waals surface area (Å²) in [5.41, 5.74) is 8.83. The van der Waals surface area contributed by atoms with Gasteiger partial charge < -0.3 is 42.0 Å². The number of nitrogens with zero attached hydrogens (tertiary/aromatic N) is 4. The van der Waals surface area contributed by atoms with Crippen molar-refractivity contribution >= 4 is 98.2 Å². The minimum Gasteiger partial charge on any atom is -0.457 e. The summed E-state index contributed by atoms with van der Waals surface area (Å²) in [5.74, 6) is 2.30. The highest BCUT2D eigenvalue weighted by atomic mass is 16.7. The van der Waals surface area contributed by atoms with Gasteiger partial charge in [0.2, 0.25) is 0 Å². The number of hydrogen-bond acceptors (Lipinski definition) is 10. The number of para-hydroxylation sites is 4. The first-order chi connectivity index (χ1) is 34.3. The van der Waals surface area contributed by atoms with E-state index in [2.05, 4.69) is 227 Å². The predicted molar refractivity (Wildman–Crippen MR) is 305 cm³/mol. The standard InChI is InChI=1S/C56H68B6N4O7/c1-52(2,3)38-32-33-63-50(34-38)66-46-27-17-16-24-42(46)43-31-30-41(36-49(43)66)67-40-23-20-22-39(35-40)64-37-65(48-29-19-18-28-47(48)64)51-44(57-68-59(53(4,5)6)72-60(69-57)54(7,8)9)25-21-26-45(51)58-70-61(55(10,11)12)73-62(71-58)56(13,14)15/h16-36H,37H2,1-15H3. The van der Waals surface area contributed by atoms with E-state index >= 15 is 0 Å². The molecule has 17 heteroatoms. The van der Waals surface area contributed by atoms with Crippen molar-refractivity contribution < 1.29 is 32.2 Å². The van der Waals surface area contributed by atoms with Crippen molar-refractivity contribution in [1.29, 1.82) is 0 Å². The molecule has 5 heterocycles.